The SMILES string of the molecule is CCCC(C/C(=N/N)NN)C(=O)O.CNc1ccc(C)nc1. The summed E-state index contributed by atoms with van der Waals surface area (Å²) >= 11 is 0. The number of hydrazine groups is 1. The van der Waals surface area contributed by atoms with Crippen LogP contribution in [0, 0.1) is 12.8 Å². The molecular weight excluding hydrogens is 284 g/mol. The van der Waals surface area contributed by atoms with Gasteiger partial charge in [-0.1, -0.05) is 13.3 Å². The molecule has 0 aliphatic carbocycles. The van der Waals surface area contributed by atoms with Gasteiger partial charge in [0.2, 0.25) is 0 Å². The number of pyridine rings is 1. The summed E-state index contributed by atoms with van der Waals surface area (Å²) in [6, 6.07) is 3.98. The van der Waals surface area contributed by atoms with Crippen LogP contribution in [0.5, 0.6) is 0 Å². The molecule has 0 fully saturated rings. The van der Waals surface area contributed by atoms with Crippen LogP contribution in [0.15, 0.2) is 23.4 Å². The third-order valence-electron chi connectivity index (χ3n) is 2.95. The fourth-order valence-corrected chi connectivity index (χ4v) is 1.66. The average molecular weight is 310 g/mol. The van der Waals surface area contributed by atoms with Gasteiger partial charge in [-0.05, 0) is 25.5 Å². The van der Waals surface area contributed by atoms with Crippen LogP contribution < -0.4 is 22.4 Å². The standard InChI is InChI=1S/C7H16N4O2.C7H10N2/c1-2-3-5(7(12)13)4-6(10-8)11-9;1-6-3-4-7(8-2)5-9-6/h5H,2-4,8-9H2,1H3,(H,10,11)(H,12,13);3-5,8H,1-2H3. The molecule has 124 valence electrons. The molecule has 7 N–H and O–H groups in total. The van der Waals surface area contributed by atoms with Crippen LogP contribution in [0.1, 0.15) is 31.9 Å². The van der Waals surface area contributed by atoms with E-state index >= 15 is 0 Å². The number of aliphatic carboxylic acids is 1. The zero-order valence-corrected chi connectivity index (χ0v) is 13.3. The smallest absolute Gasteiger partial charge is 0.306 e. The lowest BCUT2D eigenvalue weighted by atomic mass is 10.00. The number of carboxylic acid groups (broad SMARTS) is 1. The average Bonchev–Trinajstić information content (AvgIpc) is 2.52. The minimum Gasteiger partial charge on any atom is -0.481 e. The molecule has 0 radical (unpaired) electrons. The van der Waals surface area contributed by atoms with Gasteiger partial charge in [0.1, 0.15) is 5.84 Å². The maximum Gasteiger partial charge on any atom is 0.306 e. The summed E-state index contributed by atoms with van der Waals surface area (Å²) in [7, 11) is 1.88. The van der Waals surface area contributed by atoms with Crippen LogP contribution >= 0.6 is 0 Å². The molecule has 0 spiro atoms. The van der Waals surface area contributed by atoms with Crippen molar-refractivity contribution in [3.63, 3.8) is 0 Å². The molecule has 8 nitrogen and oxygen atoms in total. The topological polar surface area (TPSA) is 139 Å². The predicted molar refractivity (Wildman–Crippen MR) is 88.1 cm³/mol. The third-order valence-corrected chi connectivity index (χ3v) is 2.95. The zero-order chi connectivity index (χ0) is 17.0. The Morgan fingerprint density at radius 2 is 2.18 bits per heavy atom. The van der Waals surface area contributed by atoms with Gasteiger partial charge < -0.3 is 21.7 Å². The Bertz CT molecular complexity index is 461. The summed E-state index contributed by atoms with van der Waals surface area (Å²) in [5.41, 5.74) is 4.36. The molecule has 0 saturated heterocycles. The summed E-state index contributed by atoms with van der Waals surface area (Å²) < 4.78 is 0. The van der Waals surface area contributed by atoms with E-state index in [0.717, 1.165) is 17.8 Å². The van der Waals surface area contributed by atoms with E-state index in [9.17, 15) is 4.79 Å². The lowest BCUT2D eigenvalue weighted by molar-refractivity contribution is -0.141. The summed E-state index contributed by atoms with van der Waals surface area (Å²) in [6.07, 6.45) is 3.46. The van der Waals surface area contributed by atoms with Gasteiger partial charge in [0.25, 0.3) is 0 Å². The molecule has 0 amide bonds. The highest BCUT2D eigenvalue weighted by Crippen LogP contribution is 2.11. The lowest BCUT2D eigenvalue weighted by Crippen LogP contribution is -2.34. The van der Waals surface area contributed by atoms with E-state index in [2.05, 4.69) is 20.8 Å². The van der Waals surface area contributed by atoms with Crippen molar-refractivity contribution in [2.45, 2.75) is 33.1 Å². The van der Waals surface area contributed by atoms with Gasteiger partial charge in [-0.25, -0.2) is 5.84 Å². The number of aryl methyl sites for hydroxylation is 1. The maximum atomic E-state index is 10.7. The Morgan fingerprint density at radius 1 is 1.50 bits per heavy atom. The van der Waals surface area contributed by atoms with Crippen molar-refractivity contribution in [3.05, 3.63) is 24.0 Å². The maximum absolute atomic E-state index is 10.7. The number of nitrogens with zero attached hydrogens (tertiary/aromatic N) is 2. The molecule has 0 bridgehead atoms. The van der Waals surface area contributed by atoms with Crippen LogP contribution in [-0.2, 0) is 4.79 Å². The van der Waals surface area contributed by atoms with Crippen LogP contribution in [0.3, 0.4) is 0 Å². The van der Waals surface area contributed by atoms with E-state index in [-0.39, 0.29) is 6.42 Å². The Balaban J connectivity index is 0.000000425. The van der Waals surface area contributed by atoms with Gasteiger partial charge >= 0.3 is 5.97 Å². The Labute approximate surface area is 131 Å². The van der Waals surface area contributed by atoms with Gasteiger partial charge in [0.05, 0.1) is 17.8 Å². The van der Waals surface area contributed by atoms with E-state index in [0.29, 0.717) is 12.3 Å². The molecular formula is C14H26N6O2. The number of nitrogens with two attached hydrogens (primary N) is 2. The van der Waals surface area contributed by atoms with Crippen molar-refractivity contribution in [2.75, 3.05) is 12.4 Å². The predicted octanol–water partition coefficient (Wildman–Crippen LogP) is 1.04. The lowest BCUT2D eigenvalue weighted by Gasteiger charge is -2.11. The van der Waals surface area contributed by atoms with Crippen molar-refractivity contribution in [1.29, 1.82) is 0 Å². The molecule has 22 heavy (non-hydrogen) atoms. The van der Waals surface area contributed by atoms with Gasteiger partial charge in [0, 0.05) is 19.2 Å². The van der Waals surface area contributed by atoms with E-state index in [1.807, 2.05) is 39.2 Å². The van der Waals surface area contributed by atoms with Crippen LogP contribution in [0.25, 0.3) is 0 Å². The van der Waals surface area contributed by atoms with Gasteiger partial charge in [-0.15, -0.1) is 0 Å². The molecule has 1 rings (SSSR count). The Kier molecular flexibility index (Phi) is 10.1. The first kappa shape index (κ1) is 19.7. The number of carbonyl (C=O) groups is 1. The quantitative estimate of drug-likeness (QED) is 0.229. The molecule has 8 heteroatoms. The molecule has 0 saturated carbocycles. The fourth-order valence-electron chi connectivity index (χ4n) is 1.66. The fraction of sp³-hybridized carbons (Fsp3) is 0.500. The minimum atomic E-state index is -0.849. The molecule has 0 aromatic carbocycles. The number of hydrazone groups is 1. The number of nitrogens with one attached hydrogen (secondary N) is 2. The molecule has 1 heterocycles. The van der Waals surface area contributed by atoms with Crippen LogP contribution in [0.4, 0.5) is 5.69 Å². The highest BCUT2D eigenvalue weighted by Gasteiger charge is 2.18. The van der Waals surface area contributed by atoms with E-state index in [4.69, 9.17) is 16.8 Å². The number of carboxylic acids is 1. The monoisotopic (exact) mass is 310 g/mol. The van der Waals surface area contributed by atoms with Crippen LogP contribution in [0.2, 0.25) is 0 Å². The van der Waals surface area contributed by atoms with Gasteiger partial charge in [-0.2, -0.15) is 5.10 Å². The Morgan fingerprint density at radius 3 is 2.55 bits per heavy atom. The van der Waals surface area contributed by atoms with E-state index in [1.54, 1.807) is 0 Å². The number of hydrogen-bond acceptors (Lipinski definition) is 6. The Hall–Kier alpha value is -2.35. The summed E-state index contributed by atoms with van der Waals surface area (Å²) in [5, 5.41) is 15.1. The first-order chi connectivity index (χ1) is 10.5. The highest BCUT2D eigenvalue weighted by atomic mass is 16.4. The number of anilines is 1. The molecule has 0 aliphatic rings. The van der Waals surface area contributed by atoms with Gasteiger partial charge in [0.15, 0.2) is 0 Å². The first-order valence-electron chi connectivity index (χ1n) is 7.05. The molecule has 1 atom stereocenters. The second-order valence-electron chi connectivity index (χ2n) is 4.69. The molecule has 1 aromatic rings. The third kappa shape index (κ3) is 8.05. The van der Waals surface area contributed by atoms with Crippen molar-refractivity contribution < 1.29 is 9.90 Å². The second-order valence-corrected chi connectivity index (χ2v) is 4.69. The summed E-state index contributed by atoms with van der Waals surface area (Å²) in [5.74, 6) is 9.04. The number of hydrogen-bond donors (Lipinski definition) is 5. The summed E-state index contributed by atoms with van der Waals surface area (Å²) in [4.78, 5) is 14.8. The van der Waals surface area contributed by atoms with E-state index < -0.39 is 11.9 Å². The number of amidine groups is 1. The second kappa shape index (κ2) is 11.3. The highest BCUT2D eigenvalue weighted by molar-refractivity contribution is 5.85. The van der Waals surface area contributed by atoms with Gasteiger partial charge in [-0.3, -0.25) is 9.78 Å². The first-order valence-corrected chi connectivity index (χ1v) is 7.05. The van der Waals surface area contributed by atoms with Crippen molar-refractivity contribution >= 4 is 17.5 Å². The van der Waals surface area contributed by atoms with Crippen LogP contribution in [-0.4, -0.2) is 28.9 Å². The normalized spacial score (nSPS) is 11.9. The molecule has 1 aromatic heterocycles. The molecule has 1 unspecified atom stereocenters. The summed E-state index contributed by atoms with van der Waals surface area (Å²) in [6.45, 7) is 3.89. The zero-order valence-electron chi connectivity index (χ0n) is 13.3. The molecule has 0 aliphatic heterocycles. The van der Waals surface area contributed by atoms with Crippen molar-refractivity contribution in [1.82, 2.24) is 10.4 Å². The largest absolute Gasteiger partial charge is 0.481 e. The van der Waals surface area contributed by atoms with Crippen molar-refractivity contribution in [3.8, 4) is 0 Å². The number of rotatable bonds is 6. The van der Waals surface area contributed by atoms with Crippen molar-refractivity contribution in [2.24, 2.45) is 22.7 Å². The minimum absolute atomic E-state index is 0.246. The number of aromatic nitrogens is 1. The van der Waals surface area contributed by atoms with E-state index in [1.165, 1.54) is 0 Å².